The number of piperidine rings is 1. The van der Waals surface area contributed by atoms with E-state index in [1.54, 1.807) is 0 Å². The van der Waals surface area contributed by atoms with Crippen molar-refractivity contribution in [3.05, 3.63) is 0 Å². The number of carbonyl (C=O) groups is 2. The zero-order valence-electron chi connectivity index (χ0n) is 13.0. The van der Waals surface area contributed by atoms with E-state index in [2.05, 4.69) is 10.6 Å². The maximum atomic E-state index is 11.9. The Morgan fingerprint density at radius 3 is 2.14 bits per heavy atom. The van der Waals surface area contributed by atoms with Gasteiger partial charge in [-0.15, -0.1) is 0 Å². The lowest BCUT2D eigenvalue weighted by Crippen LogP contribution is -2.45. The van der Waals surface area contributed by atoms with Crippen molar-refractivity contribution in [3.63, 3.8) is 0 Å². The number of nitrogens with zero attached hydrogens (tertiary/aromatic N) is 1. The molecule has 1 aliphatic carbocycles. The van der Waals surface area contributed by atoms with Crippen molar-refractivity contribution in [3.8, 4) is 0 Å². The number of carbonyl (C=O) groups excluding carboxylic acids is 2. The maximum absolute atomic E-state index is 11.9. The monoisotopic (exact) mass is 295 g/mol. The molecule has 120 valence electrons. The molecule has 2 amide bonds. The lowest BCUT2D eigenvalue weighted by atomic mass is 10.1. The van der Waals surface area contributed by atoms with Gasteiger partial charge in [0, 0.05) is 19.1 Å². The van der Waals surface area contributed by atoms with Gasteiger partial charge in [0.15, 0.2) is 0 Å². The van der Waals surface area contributed by atoms with Crippen molar-refractivity contribution in [1.82, 2.24) is 15.5 Å². The third kappa shape index (κ3) is 6.04. The fourth-order valence-electron chi connectivity index (χ4n) is 3.24. The van der Waals surface area contributed by atoms with Crippen LogP contribution in [-0.4, -0.2) is 48.9 Å². The summed E-state index contributed by atoms with van der Waals surface area (Å²) in [4.78, 5) is 25.7. The summed E-state index contributed by atoms with van der Waals surface area (Å²) in [7, 11) is 0. The lowest BCUT2D eigenvalue weighted by Gasteiger charge is -2.26. The van der Waals surface area contributed by atoms with Crippen LogP contribution in [0.25, 0.3) is 0 Å². The number of amides is 2. The fraction of sp³-hybridized carbons (Fsp3) is 0.875. The van der Waals surface area contributed by atoms with Crippen molar-refractivity contribution in [2.24, 2.45) is 0 Å². The number of hydrogen-bond donors (Lipinski definition) is 2. The molecule has 0 aromatic heterocycles. The summed E-state index contributed by atoms with van der Waals surface area (Å²) in [6.07, 6.45) is 10.6. The van der Waals surface area contributed by atoms with Crippen LogP contribution >= 0.6 is 0 Å². The first-order chi connectivity index (χ1) is 10.3. The molecule has 2 fully saturated rings. The summed E-state index contributed by atoms with van der Waals surface area (Å²) in [5.74, 6) is 0.144. The Morgan fingerprint density at radius 2 is 1.48 bits per heavy atom. The molecular formula is C16H29N3O2. The van der Waals surface area contributed by atoms with Gasteiger partial charge in [0.05, 0.1) is 13.1 Å². The summed E-state index contributed by atoms with van der Waals surface area (Å²) in [6.45, 7) is 2.26. The van der Waals surface area contributed by atoms with Gasteiger partial charge < -0.3 is 10.2 Å². The van der Waals surface area contributed by atoms with Crippen LogP contribution in [0.5, 0.6) is 0 Å². The average molecular weight is 295 g/mol. The number of likely N-dealkylation sites (tertiary alicyclic amines) is 1. The molecule has 1 saturated heterocycles. The predicted octanol–water partition coefficient (Wildman–Crippen LogP) is 1.43. The molecule has 5 heteroatoms. The minimum absolute atomic E-state index is 0.0216. The van der Waals surface area contributed by atoms with Gasteiger partial charge in [-0.1, -0.05) is 25.7 Å². The van der Waals surface area contributed by atoms with E-state index in [9.17, 15) is 9.59 Å². The lowest BCUT2D eigenvalue weighted by molar-refractivity contribution is -0.131. The molecule has 1 aliphatic heterocycles. The third-order valence-corrected chi connectivity index (χ3v) is 4.49. The molecule has 5 nitrogen and oxygen atoms in total. The van der Waals surface area contributed by atoms with Gasteiger partial charge in [-0.25, -0.2) is 0 Å². The third-order valence-electron chi connectivity index (χ3n) is 4.49. The van der Waals surface area contributed by atoms with E-state index < -0.39 is 0 Å². The van der Waals surface area contributed by atoms with Gasteiger partial charge in [-0.05, 0) is 32.1 Å². The van der Waals surface area contributed by atoms with Crippen LogP contribution < -0.4 is 10.6 Å². The molecule has 0 bridgehead atoms. The molecule has 0 radical (unpaired) electrons. The second kappa shape index (κ2) is 9.03. The summed E-state index contributed by atoms with van der Waals surface area (Å²) in [5, 5.41) is 6.07. The number of rotatable bonds is 5. The van der Waals surface area contributed by atoms with Crippen LogP contribution in [0.1, 0.15) is 57.8 Å². The highest BCUT2D eigenvalue weighted by Crippen LogP contribution is 2.16. The van der Waals surface area contributed by atoms with E-state index in [1.165, 1.54) is 32.1 Å². The van der Waals surface area contributed by atoms with E-state index in [-0.39, 0.29) is 24.9 Å². The molecule has 2 N–H and O–H groups in total. The van der Waals surface area contributed by atoms with E-state index in [0.29, 0.717) is 6.04 Å². The molecule has 0 spiro atoms. The molecule has 0 unspecified atom stereocenters. The van der Waals surface area contributed by atoms with E-state index in [1.807, 2.05) is 4.90 Å². The summed E-state index contributed by atoms with van der Waals surface area (Å²) < 4.78 is 0. The second-order valence-electron chi connectivity index (χ2n) is 6.30. The molecule has 0 aromatic carbocycles. The van der Waals surface area contributed by atoms with Crippen molar-refractivity contribution in [2.45, 2.75) is 63.8 Å². The van der Waals surface area contributed by atoms with Crippen molar-refractivity contribution >= 4 is 11.8 Å². The smallest absolute Gasteiger partial charge is 0.236 e. The van der Waals surface area contributed by atoms with Crippen molar-refractivity contribution in [1.29, 1.82) is 0 Å². The quantitative estimate of drug-likeness (QED) is 0.754. The molecule has 2 rings (SSSR count). The summed E-state index contributed by atoms with van der Waals surface area (Å²) in [6, 6.07) is 0.333. The Bertz CT molecular complexity index is 332. The Morgan fingerprint density at radius 1 is 0.857 bits per heavy atom. The van der Waals surface area contributed by atoms with Crippen LogP contribution in [0.3, 0.4) is 0 Å². The van der Waals surface area contributed by atoms with Crippen LogP contribution in [-0.2, 0) is 9.59 Å². The number of nitrogens with one attached hydrogen (secondary N) is 2. The van der Waals surface area contributed by atoms with E-state index in [4.69, 9.17) is 0 Å². The largest absolute Gasteiger partial charge is 0.352 e. The van der Waals surface area contributed by atoms with Gasteiger partial charge >= 0.3 is 0 Å². The second-order valence-corrected chi connectivity index (χ2v) is 6.30. The van der Waals surface area contributed by atoms with Gasteiger partial charge in [-0.2, -0.15) is 0 Å². The Labute approximate surface area is 127 Å². The topological polar surface area (TPSA) is 61.4 Å². The first-order valence-corrected chi connectivity index (χ1v) is 8.53. The van der Waals surface area contributed by atoms with Gasteiger partial charge in [-0.3, -0.25) is 14.9 Å². The molecule has 2 aliphatic rings. The molecule has 0 atom stereocenters. The van der Waals surface area contributed by atoms with Crippen LogP contribution in [0, 0.1) is 0 Å². The molecular weight excluding hydrogens is 266 g/mol. The average Bonchev–Trinajstić information content (AvgIpc) is 2.76. The molecule has 1 heterocycles. The normalized spacial score (nSPS) is 20.9. The van der Waals surface area contributed by atoms with Crippen molar-refractivity contribution in [2.75, 3.05) is 26.2 Å². The summed E-state index contributed by atoms with van der Waals surface area (Å²) in [5.41, 5.74) is 0. The first kappa shape index (κ1) is 16.3. The molecule has 1 saturated carbocycles. The van der Waals surface area contributed by atoms with Gasteiger partial charge in [0.2, 0.25) is 11.8 Å². The van der Waals surface area contributed by atoms with Gasteiger partial charge in [0.25, 0.3) is 0 Å². The predicted molar refractivity (Wildman–Crippen MR) is 82.9 cm³/mol. The minimum Gasteiger partial charge on any atom is -0.352 e. The molecule has 21 heavy (non-hydrogen) atoms. The fourth-order valence-corrected chi connectivity index (χ4v) is 3.24. The Kier molecular flexibility index (Phi) is 7.00. The van der Waals surface area contributed by atoms with E-state index >= 15 is 0 Å². The Balaban J connectivity index is 1.58. The van der Waals surface area contributed by atoms with Crippen LogP contribution in [0.2, 0.25) is 0 Å². The standard InChI is InChI=1S/C16H29N3O2/c20-15(18-14-8-4-1-2-5-9-14)12-17-13-16(21)19-10-6-3-7-11-19/h14,17H,1-13H2,(H,18,20). The summed E-state index contributed by atoms with van der Waals surface area (Å²) >= 11 is 0. The van der Waals surface area contributed by atoms with Crippen LogP contribution in [0.15, 0.2) is 0 Å². The SMILES string of the molecule is O=C(CNCC(=O)N1CCCCC1)NC1CCCCCC1. The number of hydrogen-bond acceptors (Lipinski definition) is 3. The Hall–Kier alpha value is -1.10. The highest BCUT2D eigenvalue weighted by molar-refractivity contribution is 5.81. The van der Waals surface area contributed by atoms with E-state index in [0.717, 1.165) is 38.8 Å². The first-order valence-electron chi connectivity index (χ1n) is 8.53. The van der Waals surface area contributed by atoms with Crippen LogP contribution in [0.4, 0.5) is 0 Å². The van der Waals surface area contributed by atoms with Crippen molar-refractivity contribution < 1.29 is 9.59 Å². The highest BCUT2D eigenvalue weighted by Gasteiger charge is 2.17. The molecule has 0 aromatic rings. The zero-order valence-corrected chi connectivity index (χ0v) is 13.0. The zero-order chi connectivity index (χ0) is 14.9. The highest BCUT2D eigenvalue weighted by atomic mass is 16.2. The minimum atomic E-state index is 0.0216. The maximum Gasteiger partial charge on any atom is 0.236 e. The van der Waals surface area contributed by atoms with Gasteiger partial charge in [0.1, 0.15) is 0 Å².